The number of thiazole rings is 1. The molecule has 0 fully saturated rings. The van der Waals surface area contributed by atoms with Gasteiger partial charge in [0.1, 0.15) is 0 Å². The van der Waals surface area contributed by atoms with E-state index in [0.717, 1.165) is 9.88 Å². The van der Waals surface area contributed by atoms with Crippen molar-refractivity contribution in [2.75, 3.05) is 13.1 Å². The molecule has 0 amide bonds. The summed E-state index contributed by atoms with van der Waals surface area (Å²) in [7, 11) is 0. The Morgan fingerprint density at radius 1 is 1.38 bits per heavy atom. The zero-order chi connectivity index (χ0) is 12.1. The number of carbonyl (C=O) groups is 2. The molecule has 16 heavy (non-hydrogen) atoms. The summed E-state index contributed by atoms with van der Waals surface area (Å²) >= 11 is 1.43. The lowest BCUT2D eigenvalue weighted by Crippen LogP contribution is -2.33. The molecular weight excluding hydrogens is 232 g/mol. The Labute approximate surface area is 96.2 Å². The number of rotatable bonds is 6. The van der Waals surface area contributed by atoms with Crippen LogP contribution in [0.4, 0.5) is 0 Å². The maximum Gasteiger partial charge on any atom is 0.317 e. The minimum absolute atomic E-state index is 0.288. The van der Waals surface area contributed by atoms with Crippen molar-refractivity contribution in [3.63, 3.8) is 0 Å². The number of hydrogen-bond acceptors (Lipinski definition) is 5. The SMILES string of the molecule is Cc1ncc(CN(CC(=O)O)CC(=O)O)s1. The molecule has 6 nitrogen and oxygen atoms in total. The average Bonchev–Trinajstić information content (AvgIpc) is 2.48. The Morgan fingerprint density at radius 3 is 2.31 bits per heavy atom. The molecule has 1 aromatic rings. The maximum atomic E-state index is 10.5. The highest BCUT2D eigenvalue weighted by Crippen LogP contribution is 2.13. The van der Waals surface area contributed by atoms with Crippen LogP contribution in [0.3, 0.4) is 0 Å². The second-order valence-corrected chi connectivity index (χ2v) is 4.60. The van der Waals surface area contributed by atoms with E-state index in [1.807, 2.05) is 6.92 Å². The van der Waals surface area contributed by atoms with Crippen molar-refractivity contribution in [3.05, 3.63) is 16.1 Å². The third-order valence-corrected chi connectivity index (χ3v) is 2.66. The minimum Gasteiger partial charge on any atom is -0.480 e. The lowest BCUT2D eigenvalue weighted by Gasteiger charge is -2.16. The maximum absolute atomic E-state index is 10.5. The van der Waals surface area contributed by atoms with E-state index in [4.69, 9.17) is 10.2 Å². The van der Waals surface area contributed by atoms with E-state index in [1.165, 1.54) is 16.2 Å². The summed E-state index contributed by atoms with van der Waals surface area (Å²) in [5.74, 6) is -2.08. The molecule has 1 rings (SSSR count). The highest BCUT2D eigenvalue weighted by Gasteiger charge is 2.14. The van der Waals surface area contributed by atoms with Crippen LogP contribution in [0.2, 0.25) is 0 Å². The number of aromatic nitrogens is 1. The molecule has 0 saturated carbocycles. The third kappa shape index (κ3) is 4.37. The molecule has 7 heteroatoms. The fourth-order valence-corrected chi connectivity index (χ4v) is 2.09. The van der Waals surface area contributed by atoms with Gasteiger partial charge < -0.3 is 10.2 Å². The first-order valence-corrected chi connectivity index (χ1v) is 5.36. The van der Waals surface area contributed by atoms with Crippen molar-refractivity contribution in [2.24, 2.45) is 0 Å². The standard InChI is InChI=1S/C9H12N2O4S/c1-6-10-2-7(16-6)3-11(4-8(12)13)5-9(14)15/h2H,3-5H2,1H3,(H,12,13)(H,14,15). The van der Waals surface area contributed by atoms with E-state index >= 15 is 0 Å². The van der Waals surface area contributed by atoms with Crippen molar-refractivity contribution in [1.82, 2.24) is 9.88 Å². The van der Waals surface area contributed by atoms with Crippen LogP contribution >= 0.6 is 11.3 Å². The van der Waals surface area contributed by atoms with Crippen LogP contribution in [0.15, 0.2) is 6.20 Å². The highest BCUT2D eigenvalue weighted by atomic mass is 32.1. The molecule has 0 aliphatic heterocycles. The van der Waals surface area contributed by atoms with Crippen molar-refractivity contribution in [1.29, 1.82) is 0 Å². The molecule has 1 aromatic heterocycles. The van der Waals surface area contributed by atoms with E-state index < -0.39 is 11.9 Å². The van der Waals surface area contributed by atoms with Gasteiger partial charge in [0.05, 0.1) is 18.1 Å². The van der Waals surface area contributed by atoms with Gasteiger partial charge in [0.2, 0.25) is 0 Å². The van der Waals surface area contributed by atoms with Gasteiger partial charge in [-0.2, -0.15) is 0 Å². The van der Waals surface area contributed by atoms with Gasteiger partial charge in [-0.15, -0.1) is 11.3 Å². The van der Waals surface area contributed by atoms with Gasteiger partial charge in [-0.3, -0.25) is 14.5 Å². The molecule has 0 atom stereocenters. The summed E-state index contributed by atoms with van der Waals surface area (Å²) in [6.45, 7) is 1.56. The Kier molecular flexibility index (Phi) is 4.39. The fourth-order valence-electron chi connectivity index (χ4n) is 1.25. The molecule has 88 valence electrons. The van der Waals surface area contributed by atoms with Gasteiger partial charge in [0, 0.05) is 17.6 Å². The first kappa shape index (κ1) is 12.6. The van der Waals surface area contributed by atoms with Crippen LogP contribution in [0.5, 0.6) is 0 Å². The largest absolute Gasteiger partial charge is 0.480 e. The smallest absolute Gasteiger partial charge is 0.317 e. The summed E-state index contributed by atoms with van der Waals surface area (Å²) in [5.41, 5.74) is 0. The Morgan fingerprint density at radius 2 is 1.94 bits per heavy atom. The summed E-state index contributed by atoms with van der Waals surface area (Å²) in [6, 6.07) is 0. The predicted molar refractivity (Wildman–Crippen MR) is 57.4 cm³/mol. The van der Waals surface area contributed by atoms with Crippen LogP contribution < -0.4 is 0 Å². The number of nitrogens with zero attached hydrogens (tertiary/aromatic N) is 2. The van der Waals surface area contributed by atoms with E-state index in [1.54, 1.807) is 6.20 Å². The molecule has 0 aliphatic carbocycles. The van der Waals surface area contributed by atoms with Crippen LogP contribution in [0.1, 0.15) is 9.88 Å². The quantitative estimate of drug-likeness (QED) is 0.753. The third-order valence-electron chi connectivity index (χ3n) is 1.77. The van der Waals surface area contributed by atoms with Crippen molar-refractivity contribution >= 4 is 23.3 Å². The van der Waals surface area contributed by atoms with Crippen molar-refractivity contribution in [2.45, 2.75) is 13.5 Å². The molecule has 0 unspecified atom stereocenters. The van der Waals surface area contributed by atoms with E-state index in [9.17, 15) is 9.59 Å². The number of carboxylic acids is 2. The van der Waals surface area contributed by atoms with Crippen molar-refractivity contribution in [3.8, 4) is 0 Å². The molecule has 0 saturated heterocycles. The summed E-state index contributed by atoms with van der Waals surface area (Å²) in [4.78, 5) is 27.3. The summed E-state index contributed by atoms with van der Waals surface area (Å²) < 4.78 is 0. The second-order valence-electron chi connectivity index (χ2n) is 3.28. The molecule has 0 radical (unpaired) electrons. The molecule has 1 heterocycles. The fraction of sp³-hybridized carbons (Fsp3) is 0.444. The van der Waals surface area contributed by atoms with Crippen LogP contribution in [0.25, 0.3) is 0 Å². The number of aliphatic carboxylic acids is 2. The van der Waals surface area contributed by atoms with E-state index in [2.05, 4.69) is 4.98 Å². The first-order chi connectivity index (χ1) is 7.47. The van der Waals surface area contributed by atoms with E-state index in [-0.39, 0.29) is 13.1 Å². The lowest BCUT2D eigenvalue weighted by molar-refractivity contribution is -0.141. The summed E-state index contributed by atoms with van der Waals surface area (Å²) in [6.07, 6.45) is 1.64. The van der Waals surface area contributed by atoms with Crippen LogP contribution in [-0.2, 0) is 16.1 Å². The lowest BCUT2D eigenvalue weighted by atomic mass is 10.4. The minimum atomic E-state index is -1.04. The topological polar surface area (TPSA) is 90.7 Å². The molecule has 0 spiro atoms. The molecule has 0 aromatic carbocycles. The van der Waals surface area contributed by atoms with Crippen LogP contribution in [0, 0.1) is 6.92 Å². The molecular formula is C9H12N2O4S. The van der Waals surface area contributed by atoms with Gasteiger partial charge >= 0.3 is 11.9 Å². The molecule has 2 N–H and O–H groups in total. The zero-order valence-electron chi connectivity index (χ0n) is 8.71. The van der Waals surface area contributed by atoms with Gasteiger partial charge in [-0.25, -0.2) is 4.98 Å². The van der Waals surface area contributed by atoms with Crippen molar-refractivity contribution < 1.29 is 19.8 Å². The second kappa shape index (κ2) is 5.57. The highest BCUT2D eigenvalue weighted by molar-refractivity contribution is 7.11. The Bertz CT molecular complexity index is 375. The molecule has 0 bridgehead atoms. The number of aryl methyl sites for hydroxylation is 1. The number of hydrogen-bond donors (Lipinski definition) is 2. The monoisotopic (exact) mass is 244 g/mol. The van der Waals surface area contributed by atoms with Gasteiger partial charge in [0.15, 0.2) is 0 Å². The van der Waals surface area contributed by atoms with Crippen LogP contribution in [-0.4, -0.2) is 45.1 Å². The summed E-state index contributed by atoms with van der Waals surface area (Å²) in [5, 5.41) is 18.1. The average molecular weight is 244 g/mol. The van der Waals surface area contributed by atoms with Gasteiger partial charge in [-0.05, 0) is 6.92 Å². The predicted octanol–water partition coefficient (Wildman–Crippen LogP) is 0.423. The molecule has 0 aliphatic rings. The van der Waals surface area contributed by atoms with Gasteiger partial charge in [0.25, 0.3) is 0 Å². The normalized spacial score (nSPS) is 10.6. The number of carboxylic acid groups (broad SMARTS) is 2. The van der Waals surface area contributed by atoms with E-state index in [0.29, 0.717) is 6.54 Å². The Balaban J connectivity index is 2.62. The Hall–Kier alpha value is -1.47. The zero-order valence-corrected chi connectivity index (χ0v) is 9.53. The first-order valence-electron chi connectivity index (χ1n) is 4.54. The van der Waals surface area contributed by atoms with Gasteiger partial charge in [-0.1, -0.05) is 0 Å².